The Morgan fingerprint density at radius 1 is 1.23 bits per heavy atom. The van der Waals surface area contributed by atoms with Gasteiger partial charge in [-0.25, -0.2) is 9.97 Å². The van der Waals surface area contributed by atoms with Gasteiger partial charge in [0.1, 0.15) is 5.69 Å². The first-order chi connectivity index (χ1) is 14.5. The van der Waals surface area contributed by atoms with E-state index in [9.17, 15) is 4.79 Å². The Kier molecular flexibility index (Phi) is 4.23. The van der Waals surface area contributed by atoms with E-state index < -0.39 is 5.91 Å². The number of hydrogen-bond acceptors (Lipinski definition) is 7. The zero-order valence-electron chi connectivity index (χ0n) is 16.6. The van der Waals surface area contributed by atoms with Crippen molar-refractivity contribution in [2.75, 3.05) is 5.32 Å². The van der Waals surface area contributed by atoms with Gasteiger partial charge in [0.15, 0.2) is 5.82 Å². The van der Waals surface area contributed by atoms with Gasteiger partial charge in [-0.2, -0.15) is 0 Å². The molecular formula is C21H21N7O2. The summed E-state index contributed by atoms with van der Waals surface area (Å²) in [6.45, 7) is 3.99. The van der Waals surface area contributed by atoms with Crippen LogP contribution in [0.3, 0.4) is 0 Å². The zero-order valence-corrected chi connectivity index (χ0v) is 16.6. The van der Waals surface area contributed by atoms with Gasteiger partial charge in [-0.05, 0) is 44.9 Å². The summed E-state index contributed by atoms with van der Waals surface area (Å²) >= 11 is 0. The second-order valence-corrected chi connectivity index (χ2v) is 7.78. The van der Waals surface area contributed by atoms with E-state index in [0.29, 0.717) is 23.6 Å². The molecule has 0 bridgehead atoms. The lowest BCUT2D eigenvalue weighted by Gasteiger charge is -2.07. The topological polar surface area (TPSA) is 136 Å². The summed E-state index contributed by atoms with van der Waals surface area (Å²) in [5.74, 6) is 0.627. The fourth-order valence-corrected chi connectivity index (χ4v) is 3.48. The Labute approximate surface area is 172 Å². The highest BCUT2D eigenvalue weighted by Gasteiger charge is 2.28. The second-order valence-electron chi connectivity index (χ2n) is 7.78. The zero-order chi connectivity index (χ0) is 20.8. The number of nitrogens with two attached hydrogens (primary N) is 1. The Hall–Kier alpha value is -3.75. The molecule has 5 rings (SSSR count). The molecule has 152 valence electrons. The number of benzene rings is 1. The van der Waals surface area contributed by atoms with Gasteiger partial charge in [0.2, 0.25) is 5.89 Å². The number of aromatic amines is 1. The van der Waals surface area contributed by atoms with E-state index in [0.717, 1.165) is 40.6 Å². The molecule has 3 heterocycles. The van der Waals surface area contributed by atoms with Crippen molar-refractivity contribution in [1.82, 2.24) is 25.1 Å². The van der Waals surface area contributed by atoms with E-state index in [1.807, 2.05) is 38.2 Å². The summed E-state index contributed by atoms with van der Waals surface area (Å²) in [6, 6.07) is 7.99. The SMILES string of the molecule is CC(C)Nc1nnc(-c2cccc3[nH]cc(-c4nc(C(N)=O)cc(C5CC5)n4)c23)o1. The number of nitrogens with one attached hydrogen (secondary N) is 2. The number of primary amides is 1. The second kappa shape index (κ2) is 6.94. The quantitative estimate of drug-likeness (QED) is 0.448. The first-order valence-corrected chi connectivity index (χ1v) is 9.89. The van der Waals surface area contributed by atoms with E-state index in [2.05, 4.69) is 25.5 Å². The van der Waals surface area contributed by atoms with Gasteiger partial charge in [0.05, 0.1) is 0 Å². The monoisotopic (exact) mass is 403 g/mol. The van der Waals surface area contributed by atoms with Crippen LogP contribution in [0, 0.1) is 0 Å². The minimum atomic E-state index is -0.568. The largest absolute Gasteiger partial charge is 0.403 e. The molecular weight excluding hydrogens is 382 g/mol. The van der Waals surface area contributed by atoms with Crippen molar-refractivity contribution in [2.24, 2.45) is 5.73 Å². The molecule has 4 aromatic rings. The molecule has 1 amide bonds. The molecule has 0 saturated heterocycles. The van der Waals surface area contributed by atoms with Crippen LogP contribution in [0.1, 0.15) is 48.8 Å². The Morgan fingerprint density at radius 2 is 2.07 bits per heavy atom. The molecule has 4 N–H and O–H groups in total. The molecule has 9 heteroatoms. The predicted molar refractivity (Wildman–Crippen MR) is 112 cm³/mol. The summed E-state index contributed by atoms with van der Waals surface area (Å²) in [7, 11) is 0. The summed E-state index contributed by atoms with van der Waals surface area (Å²) < 4.78 is 5.82. The minimum absolute atomic E-state index is 0.169. The number of carbonyl (C=O) groups excluding carboxylic acids is 1. The van der Waals surface area contributed by atoms with Crippen LogP contribution in [-0.4, -0.2) is 37.1 Å². The molecule has 0 spiro atoms. The number of amides is 1. The molecule has 30 heavy (non-hydrogen) atoms. The van der Waals surface area contributed by atoms with E-state index in [4.69, 9.17) is 15.1 Å². The fraction of sp³-hybridized carbons (Fsp3) is 0.286. The number of fused-ring (bicyclic) bond motifs is 1. The number of nitrogens with zero attached hydrogens (tertiary/aromatic N) is 4. The Bertz CT molecular complexity index is 1250. The average Bonchev–Trinajstić information content (AvgIpc) is 3.32. The smallest absolute Gasteiger partial charge is 0.315 e. The summed E-state index contributed by atoms with van der Waals surface area (Å²) in [4.78, 5) is 24.3. The Balaban J connectivity index is 1.67. The fourth-order valence-electron chi connectivity index (χ4n) is 3.48. The number of H-pyrrole nitrogens is 1. The maximum absolute atomic E-state index is 11.8. The van der Waals surface area contributed by atoms with Crippen LogP contribution in [-0.2, 0) is 0 Å². The van der Waals surface area contributed by atoms with Crippen LogP contribution in [0.4, 0.5) is 6.01 Å². The van der Waals surface area contributed by atoms with Gasteiger partial charge in [0, 0.05) is 45.9 Å². The van der Waals surface area contributed by atoms with Gasteiger partial charge in [-0.3, -0.25) is 4.79 Å². The molecule has 0 radical (unpaired) electrons. The minimum Gasteiger partial charge on any atom is -0.403 e. The van der Waals surface area contributed by atoms with Crippen LogP contribution in [0.2, 0.25) is 0 Å². The van der Waals surface area contributed by atoms with Crippen molar-refractivity contribution >= 4 is 22.8 Å². The average molecular weight is 403 g/mol. The van der Waals surface area contributed by atoms with Crippen LogP contribution >= 0.6 is 0 Å². The van der Waals surface area contributed by atoms with Gasteiger partial charge in [-0.15, -0.1) is 5.10 Å². The van der Waals surface area contributed by atoms with Crippen molar-refractivity contribution in [3.8, 4) is 22.8 Å². The normalized spacial score (nSPS) is 13.8. The van der Waals surface area contributed by atoms with E-state index in [1.165, 1.54) is 0 Å². The van der Waals surface area contributed by atoms with E-state index in [-0.39, 0.29) is 11.7 Å². The lowest BCUT2D eigenvalue weighted by atomic mass is 10.1. The molecule has 3 aromatic heterocycles. The number of rotatable bonds is 6. The highest BCUT2D eigenvalue weighted by Crippen LogP contribution is 2.41. The molecule has 1 aliphatic rings. The van der Waals surface area contributed by atoms with Crippen LogP contribution < -0.4 is 11.1 Å². The Morgan fingerprint density at radius 3 is 2.80 bits per heavy atom. The first kappa shape index (κ1) is 18.3. The standard InChI is InChI=1S/C21H21N7O2/c1-10(2)24-21-28-27-20(30-21)12-4-3-5-14-17(12)13(9-23-14)19-25-15(11-6-7-11)8-16(26-19)18(22)29/h3-5,8-11,23H,6-7H2,1-2H3,(H2,22,29)(H,24,28). The molecule has 1 aliphatic carbocycles. The summed E-state index contributed by atoms with van der Waals surface area (Å²) in [5.41, 5.74) is 8.98. The molecule has 1 saturated carbocycles. The van der Waals surface area contributed by atoms with Crippen molar-refractivity contribution in [3.05, 3.63) is 41.9 Å². The summed E-state index contributed by atoms with van der Waals surface area (Å²) in [5, 5.41) is 12.2. The molecule has 0 aliphatic heterocycles. The predicted octanol–water partition coefficient (Wildman–Crippen LogP) is 3.47. The summed E-state index contributed by atoms with van der Waals surface area (Å²) in [6.07, 6.45) is 3.94. The van der Waals surface area contributed by atoms with Crippen molar-refractivity contribution in [3.63, 3.8) is 0 Å². The van der Waals surface area contributed by atoms with Gasteiger partial charge in [0.25, 0.3) is 5.91 Å². The van der Waals surface area contributed by atoms with Gasteiger partial charge >= 0.3 is 6.01 Å². The maximum atomic E-state index is 11.8. The van der Waals surface area contributed by atoms with Crippen molar-refractivity contribution in [1.29, 1.82) is 0 Å². The maximum Gasteiger partial charge on any atom is 0.315 e. The lowest BCUT2D eigenvalue weighted by Crippen LogP contribution is -2.14. The molecule has 0 atom stereocenters. The number of hydrogen-bond donors (Lipinski definition) is 3. The van der Waals surface area contributed by atoms with E-state index in [1.54, 1.807) is 6.07 Å². The van der Waals surface area contributed by atoms with E-state index >= 15 is 0 Å². The highest BCUT2D eigenvalue weighted by atomic mass is 16.4. The molecule has 1 aromatic carbocycles. The van der Waals surface area contributed by atoms with Gasteiger partial charge in [-0.1, -0.05) is 11.2 Å². The third-order valence-corrected chi connectivity index (χ3v) is 5.01. The highest BCUT2D eigenvalue weighted by molar-refractivity contribution is 6.03. The third-order valence-electron chi connectivity index (χ3n) is 5.01. The lowest BCUT2D eigenvalue weighted by molar-refractivity contribution is 0.0995. The van der Waals surface area contributed by atoms with Gasteiger partial charge < -0.3 is 20.5 Å². The van der Waals surface area contributed by atoms with Crippen LogP contribution in [0.5, 0.6) is 0 Å². The molecule has 0 unspecified atom stereocenters. The number of carbonyl (C=O) groups is 1. The number of aromatic nitrogens is 5. The van der Waals surface area contributed by atoms with Crippen LogP contribution in [0.15, 0.2) is 34.9 Å². The number of anilines is 1. The molecule has 1 fully saturated rings. The van der Waals surface area contributed by atoms with Crippen molar-refractivity contribution < 1.29 is 9.21 Å². The third kappa shape index (κ3) is 3.28. The first-order valence-electron chi connectivity index (χ1n) is 9.89. The molecule has 9 nitrogen and oxygen atoms in total. The van der Waals surface area contributed by atoms with Crippen LogP contribution in [0.25, 0.3) is 33.7 Å². The van der Waals surface area contributed by atoms with Crippen molar-refractivity contribution in [2.45, 2.75) is 38.6 Å².